The van der Waals surface area contributed by atoms with Crippen LogP contribution in [0.2, 0.25) is 0 Å². The molecule has 0 fully saturated rings. The number of nitrogens with zero attached hydrogens (tertiary/aromatic N) is 1. The maximum Gasteiger partial charge on any atom is 0.343 e. The summed E-state index contributed by atoms with van der Waals surface area (Å²) in [7, 11) is 3.10. The van der Waals surface area contributed by atoms with E-state index in [4.69, 9.17) is 14.2 Å². The van der Waals surface area contributed by atoms with Crippen molar-refractivity contribution < 1.29 is 19.0 Å². The Balaban J connectivity index is 1.82. The maximum absolute atomic E-state index is 12.6. The van der Waals surface area contributed by atoms with Crippen LogP contribution in [0.15, 0.2) is 66.7 Å². The van der Waals surface area contributed by atoms with Crippen LogP contribution in [0.3, 0.4) is 0 Å². The monoisotopic (exact) mass is 441 g/mol. The van der Waals surface area contributed by atoms with E-state index in [9.17, 15) is 10.1 Å². The molecule has 3 rings (SSSR count). The first-order valence-electron chi connectivity index (χ1n) is 10.5. The van der Waals surface area contributed by atoms with Gasteiger partial charge in [-0.05, 0) is 76.7 Å². The largest absolute Gasteiger partial charge is 0.497 e. The SMILES string of the molecule is COc1ccc(/C(C#N)=C\c2ccc(OC(=O)c3ccc(C(C)(C)C)cc3)c(OC)c2)cc1. The van der Waals surface area contributed by atoms with E-state index in [1.165, 1.54) is 7.11 Å². The van der Waals surface area contributed by atoms with Crippen molar-refractivity contribution in [3.63, 3.8) is 0 Å². The van der Waals surface area contributed by atoms with Gasteiger partial charge in [0.25, 0.3) is 0 Å². The number of rotatable bonds is 6. The number of methoxy groups -OCH3 is 2. The standard InChI is InChI=1S/C28H27NO4/c1-28(2,3)23-11-7-21(8-12-23)27(30)33-25-15-6-19(17-26(25)32-5)16-22(18-29)20-9-13-24(31-4)14-10-20/h6-17H,1-5H3/b22-16-. The highest BCUT2D eigenvalue weighted by Crippen LogP contribution is 2.31. The minimum absolute atomic E-state index is 0.00308. The Hall–Kier alpha value is -4.04. The first-order valence-corrected chi connectivity index (χ1v) is 10.5. The molecular formula is C28H27NO4. The molecule has 0 aliphatic heterocycles. The van der Waals surface area contributed by atoms with Gasteiger partial charge in [0.05, 0.1) is 31.4 Å². The van der Waals surface area contributed by atoms with Gasteiger partial charge in [0.1, 0.15) is 5.75 Å². The molecule has 0 saturated heterocycles. The van der Waals surface area contributed by atoms with Gasteiger partial charge in [0, 0.05) is 0 Å². The fourth-order valence-electron chi connectivity index (χ4n) is 3.24. The van der Waals surface area contributed by atoms with Gasteiger partial charge in [-0.3, -0.25) is 0 Å². The van der Waals surface area contributed by atoms with Crippen molar-refractivity contribution in [2.24, 2.45) is 0 Å². The van der Waals surface area contributed by atoms with Crippen LogP contribution in [0.25, 0.3) is 11.6 Å². The topological polar surface area (TPSA) is 68.5 Å². The van der Waals surface area contributed by atoms with Crippen LogP contribution >= 0.6 is 0 Å². The minimum Gasteiger partial charge on any atom is -0.497 e. The third-order valence-electron chi connectivity index (χ3n) is 5.21. The lowest BCUT2D eigenvalue weighted by Crippen LogP contribution is -2.13. The fraction of sp³-hybridized carbons (Fsp3) is 0.214. The van der Waals surface area contributed by atoms with Gasteiger partial charge < -0.3 is 14.2 Å². The number of ether oxygens (including phenoxy) is 3. The average molecular weight is 442 g/mol. The van der Waals surface area contributed by atoms with E-state index < -0.39 is 5.97 Å². The maximum atomic E-state index is 12.6. The molecule has 33 heavy (non-hydrogen) atoms. The van der Waals surface area contributed by atoms with E-state index in [0.717, 1.165) is 22.4 Å². The number of allylic oxidation sites excluding steroid dienone is 1. The molecule has 0 heterocycles. The molecule has 0 aliphatic rings. The lowest BCUT2D eigenvalue weighted by molar-refractivity contribution is 0.0729. The third kappa shape index (κ3) is 5.81. The number of hydrogen-bond acceptors (Lipinski definition) is 5. The Morgan fingerprint density at radius 3 is 2.03 bits per heavy atom. The zero-order valence-corrected chi connectivity index (χ0v) is 19.5. The Kier molecular flexibility index (Phi) is 7.20. The van der Waals surface area contributed by atoms with Crippen molar-refractivity contribution >= 4 is 17.6 Å². The van der Waals surface area contributed by atoms with E-state index in [-0.39, 0.29) is 5.41 Å². The highest BCUT2D eigenvalue weighted by molar-refractivity contribution is 5.92. The third-order valence-corrected chi connectivity index (χ3v) is 5.21. The van der Waals surface area contributed by atoms with Crippen molar-refractivity contribution in [2.75, 3.05) is 14.2 Å². The summed E-state index contributed by atoms with van der Waals surface area (Å²) < 4.78 is 16.2. The molecule has 5 heteroatoms. The quantitative estimate of drug-likeness (QED) is 0.195. The summed E-state index contributed by atoms with van der Waals surface area (Å²) in [5, 5.41) is 9.61. The molecule has 0 bridgehead atoms. The Bertz CT molecular complexity index is 1190. The van der Waals surface area contributed by atoms with Gasteiger partial charge >= 0.3 is 5.97 Å². The summed E-state index contributed by atoms with van der Waals surface area (Å²) in [6.45, 7) is 6.36. The summed E-state index contributed by atoms with van der Waals surface area (Å²) >= 11 is 0. The molecule has 5 nitrogen and oxygen atoms in total. The van der Waals surface area contributed by atoms with Gasteiger partial charge in [0.15, 0.2) is 11.5 Å². The number of benzene rings is 3. The molecule has 0 aliphatic carbocycles. The molecule has 0 N–H and O–H groups in total. The van der Waals surface area contributed by atoms with Gasteiger partial charge in [0.2, 0.25) is 0 Å². The van der Waals surface area contributed by atoms with E-state index >= 15 is 0 Å². The van der Waals surface area contributed by atoms with Gasteiger partial charge in [-0.2, -0.15) is 5.26 Å². The second kappa shape index (κ2) is 10.1. The molecule has 3 aromatic rings. The van der Waals surface area contributed by atoms with Crippen LogP contribution in [0, 0.1) is 11.3 Å². The van der Waals surface area contributed by atoms with Crippen LogP contribution in [-0.2, 0) is 5.41 Å². The highest BCUT2D eigenvalue weighted by atomic mass is 16.6. The lowest BCUT2D eigenvalue weighted by atomic mass is 9.87. The summed E-state index contributed by atoms with van der Waals surface area (Å²) in [4.78, 5) is 12.6. The predicted molar refractivity (Wildman–Crippen MR) is 130 cm³/mol. The highest BCUT2D eigenvalue weighted by Gasteiger charge is 2.16. The van der Waals surface area contributed by atoms with Crippen molar-refractivity contribution in [3.05, 3.63) is 89.0 Å². The van der Waals surface area contributed by atoms with E-state index in [1.807, 2.05) is 24.3 Å². The van der Waals surface area contributed by atoms with Gasteiger partial charge in [-0.1, -0.05) is 39.0 Å². The zero-order valence-electron chi connectivity index (χ0n) is 19.5. The molecule has 3 aromatic carbocycles. The van der Waals surface area contributed by atoms with Crippen LogP contribution < -0.4 is 14.2 Å². The molecule has 0 radical (unpaired) electrons. The number of hydrogen-bond donors (Lipinski definition) is 0. The molecule has 0 amide bonds. The molecule has 168 valence electrons. The molecule has 0 unspecified atom stereocenters. The average Bonchev–Trinajstić information content (AvgIpc) is 2.82. The second-order valence-electron chi connectivity index (χ2n) is 8.53. The molecule has 0 saturated carbocycles. The first kappa shape index (κ1) is 23.6. The predicted octanol–water partition coefficient (Wildman–Crippen LogP) is 6.28. The van der Waals surface area contributed by atoms with Crippen molar-refractivity contribution in [2.45, 2.75) is 26.2 Å². The van der Waals surface area contributed by atoms with Gasteiger partial charge in [-0.25, -0.2) is 4.79 Å². The van der Waals surface area contributed by atoms with Crippen LogP contribution in [0.5, 0.6) is 17.2 Å². The molecule has 0 spiro atoms. The first-order chi connectivity index (χ1) is 15.7. The van der Waals surface area contributed by atoms with Crippen LogP contribution in [-0.4, -0.2) is 20.2 Å². The summed E-state index contributed by atoms with van der Waals surface area (Å²) in [6, 6.07) is 22.0. The van der Waals surface area contributed by atoms with Crippen molar-refractivity contribution in [1.29, 1.82) is 5.26 Å². The zero-order chi connectivity index (χ0) is 24.0. The Labute approximate surface area is 194 Å². The van der Waals surface area contributed by atoms with E-state index in [0.29, 0.717) is 22.6 Å². The second-order valence-corrected chi connectivity index (χ2v) is 8.53. The van der Waals surface area contributed by atoms with E-state index in [1.54, 1.807) is 55.7 Å². The number of esters is 1. The number of carbonyl (C=O) groups excluding carboxylic acids is 1. The van der Waals surface area contributed by atoms with E-state index in [2.05, 4.69) is 26.8 Å². The molecular weight excluding hydrogens is 414 g/mol. The van der Waals surface area contributed by atoms with Crippen LogP contribution in [0.1, 0.15) is 47.8 Å². The Morgan fingerprint density at radius 2 is 1.48 bits per heavy atom. The number of carbonyl (C=O) groups is 1. The lowest BCUT2D eigenvalue weighted by Gasteiger charge is -2.19. The fourth-order valence-corrected chi connectivity index (χ4v) is 3.24. The van der Waals surface area contributed by atoms with Crippen molar-refractivity contribution in [1.82, 2.24) is 0 Å². The number of nitriles is 1. The minimum atomic E-state index is -0.465. The smallest absolute Gasteiger partial charge is 0.343 e. The summed E-state index contributed by atoms with van der Waals surface area (Å²) in [5.74, 6) is 0.961. The Morgan fingerprint density at radius 1 is 0.848 bits per heavy atom. The molecule has 0 aromatic heterocycles. The van der Waals surface area contributed by atoms with Crippen molar-refractivity contribution in [3.8, 4) is 23.3 Å². The normalized spacial score (nSPS) is 11.5. The van der Waals surface area contributed by atoms with Crippen LogP contribution in [0.4, 0.5) is 0 Å². The molecule has 0 atom stereocenters. The summed E-state index contributed by atoms with van der Waals surface area (Å²) in [6.07, 6.45) is 1.75. The summed E-state index contributed by atoms with van der Waals surface area (Å²) in [5.41, 5.74) is 3.60. The van der Waals surface area contributed by atoms with Gasteiger partial charge in [-0.15, -0.1) is 0 Å².